The molecule has 0 aliphatic carbocycles. The molecule has 1 aliphatic heterocycles. The largest absolute Gasteiger partial charge is 0.352 e. The van der Waals surface area contributed by atoms with Crippen molar-refractivity contribution in [1.29, 1.82) is 0 Å². The van der Waals surface area contributed by atoms with Gasteiger partial charge in [-0.25, -0.2) is 4.21 Å². The summed E-state index contributed by atoms with van der Waals surface area (Å²) in [7, 11) is -1.59. The number of rotatable bonds is 6. The van der Waals surface area contributed by atoms with Crippen LogP contribution in [0.2, 0.25) is 10.0 Å². The van der Waals surface area contributed by atoms with E-state index in [1.807, 2.05) is 36.4 Å². The van der Waals surface area contributed by atoms with E-state index in [4.69, 9.17) is 23.2 Å². The molecule has 0 saturated carbocycles. The van der Waals surface area contributed by atoms with Crippen LogP contribution in [0.4, 0.5) is 5.69 Å². The number of fused-ring (bicyclic) bond motifs is 2. The highest BCUT2D eigenvalue weighted by Gasteiger charge is 2.31. The van der Waals surface area contributed by atoms with Crippen LogP contribution in [0, 0.1) is 0 Å². The van der Waals surface area contributed by atoms with Crippen LogP contribution in [0.3, 0.4) is 0 Å². The Bertz CT molecular complexity index is 1500. The monoisotopic (exact) mass is 548 g/mol. The van der Waals surface area contributed by atoms with Crippen molar-refractivity contribution in [1.82, 2.24) is 5.32 Å². The Labute approximate surface area is 227 Å². The van der Waals surface area contributed by atoms with Crippen LogP contribution in [0.25, 0.3) is 0 Å². The van der Waals surface area contributed by atoms with Crippen molar-refractivity contribution in [3.8, 4) is 0 Å². The molecule has 0 unspecified atom stereocenters. The van der Waals surface area contributed by atoms with E-state index in [1.54, 1.807) is 59.5 Å². The highest BCUT2D eigenvalue weighted by Crippen LogP contribution is 2.36. The van der Waals surface area contributed by atoms with E-state index in [2.05, 4.69) is 5.32 Å². The molecule has 0 saturated heterocycles. The molecule has 4 aromatic rings. The van der Waals surface area contributed by atoms with Crippen molar-refractivity contribution in [2.45, 2.75) is 22.8 Å². The van der Waals surface area contributed by atoms with Gasteiger partial charge >= 0.3 is 0 Å². The third-order valence-electron chi connectivity index (χ3n) is 6.14. The summed E-state index contributed by atoms with van der Waals surface area (Å²) in [5, 5.41) is 4.18. The number of halogens is 2. The van der Waals surface area contributed by atoms with Gasteiger partial charge in [0.1, 0.15) is 0 Å². The molecular formula is C29H22Cl2N2O3S. The molecule has 2 amide bonds. The van der Waals surface area contributed by atoms with Crippen molar-refractivity contribution in [2.75, 3.05) is 11.4 Å². The summed E-state index contributed by atoms with van der Waals surface area (Å²) in [4.78, 5) is 29.2. The molecular weight excluding hydrogens is 527 g/mol. The van der Waals surface area contributed by atoms with Gasteiger partial charge in [-0.2, -0.15) is 0 Å². The molecule has 0 spiro atoms. The third kappa shape index (κ3) is 5.47. The molecule has 37 heavy (non-hydrogen) atoms. The van der Waals surface area contributed by atoms with E-state index in [-0.39, 0.29) is 18.4 Å². The van der Waals surface area contributed by atoms with Crippen LogP contribution in [-0.4, -0.2) is 22.6 Å². The number of hydrogen-bond acceptors (Lipinski definition) is 3. The fourth-order valence-corrected chi connectivity index (χ4v) is 5.80. The lowest BCUT2D eigenvalue weighted by Crippen LogP contribution is -2.31. The topological polar surface area (TPSA) is 66.5 Å². The van der Waals surface area contributed by atoms with Crippen molar-refractivity contribution < 1.29 is 13.8 Å². The molecule has 0 aromatic heterocycles. The first-order valence-corrected chi connectivity index (χ1v) is 13.5. The normalized spacial score (nSPS) is 14.5. The number of carbonyl (C=O) groups is 2. The number of anilines is 1. The van der Waals surface area contributed by atoms with Crippen LogP contribution in [0.5, 0.6) is 0 Å². The van der Waals surface area contributed by atoms with Crippen molar-refractivity contribution in [2.24, 2.45) is 0 Å². The molecule has 1 N–H and O–H groups in total. The smallest absolute Gasteiger partial charge is 0.259 e. The summed E-state index contributed by atoms with van der Waals surface area (Å²) < 4.78 is 13.6. The SMILES string of the molecule is O=C(NCCc1ccc(Cl)cc1)c1ccc2c(c1)N(Cc1ccc(Cl)cc1)C(=O)c1ccccc1[S@]2=O. The second-order valence-corrected chi connectivity index (χ2v) is 10.9. The van der Waals surface area contributed by atoms with E-state index in [9.17, 15) is 13.8 Å². The summed E-state index contributed by atoms with van der Waals surface area (Å²) in [5.41, 5.74) is 3.11. The first-order chi connectivity index (χ1) is 17.9. The number of amides is 2. The standard InChI is InChI=1S/C29H22Cl2N2O3S/c30-22-10-5-19(6-11-22)15-16-32-28(34)21-9-14-27-25(17-21)33(18-20-7-12-23(31)13-8-20)29(35)24-3-1-2-4-26(24)37(27)36/h1-14,17H,15-16,18H2,(H,32,34)/t37-/m1/s1. The van der Waals surface area contributed by atoms with Gasteiger partial charge in [-0.1, -0.05) is 59.6 Å². The van der Waals surface area contributed by atoms with Crippen LogP contribution in [0.1, 0.15) is 31.8 Å². The first-order valence-electron chi connectivity index (χ1n) is 11.6. The maximum Gasteiger partial charge on any atom is 0.259 e. The quantitative estimate of drug-likeness (QED) is 0.307. The molecule has 1 atom stereocenters. The maximum absolute atomic E-state index is 13.7. The molecule has 1 heterocycles. The number of carbonyl (C=O) groups excluding carboxylic acids is 2. The summed E-state index contributed by atoms with van der Waals surface area (Å²) in [6.07, 6.45) is 0.647. The zero-order valence-corrected chi connectivity index (χ0v) is 21.9. The van der Waals surface area contributed by atoms with Gasteiger partial charge in [-0.15, -0.1) is 0 Å². The van der Waals surface area contributed by atoms with Gasteiger partial charge in [0.05, 0.1) is 38.4 Å². The van der Waals surface area contributed by atoms with Gasteiger partial charge in [0.15, 0.2) is 0 Å². The number of nitrogens with one attached hydrogen (secondary N) is 1. The van der Waals surface area contributed by atoms with E-state index in [0.717, 1.165) is 11.1 Å². The predicted octanol–water partition coefficient (Wildman–Crippen LogP) is 6.29. The molecule has 186 valence electrons. The van der Waals surface area contributed by atoms with E-state index < -0.39 is 10.8 Å². The predicted molar refractivity (Wildman–Crippen MR) is 147 cm³/mol. The van der Waals surface area contributed by atoms with E-state index in [1.165, 1.54) is 0 Å². The average molecular weight is 549 g/mol. The molecule has 4 aromatic carbocycles. The minimum absolute atomic E-state index is 0.232. The zero-order valence-electron chi connectivity index (χ0n) is 19.6. The number of hydrogen-bond donors (Lipinski definition) is 1. The van der Waals surface area contributed by atoms with Gasteiger partial charge in [-0.3, -0.25) is 9.59 Å². The van der Waals surface area contributed by atoms with Gasteiger partial charge in [0.2, 0.25) is 0 Å². The molecule has 8 heteroatoms. The lowest BCUT2D eigenvalue weighted by Gasteiger charge is -2.23. The van der Waals surface area contributed by atoms with Crippen LogP contribution >= 0.6 is 23.2 Å². The Morgan fingerprint density at radius 3 is 2.16 bits per heavy atom. The van der Waals surface area contributed by atoms with Crippen LogP contribution < -0.4 is 10.2 Å². The second kappa shape index (κ2) is 10.9. The first kappa shape index (κ1) is 25.2. The number of nitrogens with zero attached hydrogens (tertiary/aromatic N) is 1. The summed E-state index contributed by atoms with van der Waals surface area (Å²) in [6, 6.07) is 26.5. The van der Waals surface area contributed by atoms with Crippen molar-refractivity contribution >= 4 is 51.5 Å². The second-order valence-electron chi connectivity index (χ2n) is 8.60. The maximum atomic E-state index is 13.7. The lowest BCUT2D eigenvalue weighted by molar-refractivity contribution is 0.0950. The Morgan fingerprint density at radius 1 is 0.811 bits per heavy atom. The Balaban J connectivity index is 1.46. The fourth-order valence-electron chi connectivity index (χ4n) is 4.21. The van der Waals surface area contributed by atoms with E-state index >= 15 is 0 Å². The summed E-state index contributed by atoms with van der Waals surface area (Å²) in [6.45, 7) is 0.665. The summed E-state index contributed by atoms with van der Waals surface area (Å²) in [5.74, 6) is -0.554. The van der Waals surface area contributed by atoms with Gasteiger partial charge in [0.25, 0.3) is 11.8 Å². The highest BCUT2D eigenvalue weighted by atomic mass is 35.5. The fraction of sp³-hybridized carbons (Fsp3) is 0.103. The van der Waals surface area contributed by atoms with Crippen molar-refractivity contribution in [3.63, 3.8) is 0 Å². The van der Waals surface area contributed by atoms with Crippen molar-refractivity contribution in [3.05, 3.63) is 123 Å². The van der Waals surface area contributed by atoms with Gasteiger partial charge in [0, 0.05) is 22.2 Å². The third-order valence-corrected chi connectivity index (χ3v) is 8.14. The summed E-state index contributed by atoms with van der Waals surface area (Å²) >= 11 is 12.0. The number of benzene rings is 4. The molecule has 0 radical (unpaired) electrons. The minimum Gasteiger partial charge on any atom is -0.352 e. The molecule has 5 nitrogen and oxygen atoms in total. The molecule has 5 rings (SSSR count). The van der Waals surface area contributed by atoms with Crippen LogP contribution in [-0.2, 0) is 23.8 Å². The van der Waals surface area contributed by atoms with Crippen LogP contribution in [0.15, 0.2) is 101 Å². The molecule has 1 aliphatic rings. The Morgan fingerprint density at radius 2 is 1.46 bits per heavy atom. The van der Waals surface area contributed by atoms with E-state index in [0.29, 0.717) is 49.6 Å². The molecule has 0 bridgehead atoms. The van der Waals surface area contributed by atoms with Gasteiger partial charge < -0.3 is 10.2 Å². The highest BCUT2D eigenvalue weighted by molar-refractivity contribution is 7.85. The zero-order chi connectivity index (χ0) is 25.9. The van der Waals surface area contributed by atoms with Gasteiger partial charge in [-0.05, 0) is 72.1 Å². The Kier molecular flexibility index (Phi) is 7.42. The Hall–Kier alpha value is -3.45. The molecule has 0 fully saturated rings. The lowest BCUT2D eigenvalue weighted by atomic mass is 10.1. The minimum atomic E-state index is -1.59. The average Bonchev–Trinajstić information content (AvgIpc) is 3.00.